The second-order valence-electron chi connectivity index (χ2n) is 4.49. The zero-order valence-corrected chi connectivity index (χ0v) is 11.3. The quantitative estimate of drug-likeness (QED) is 0.410. The van der Waals surface area contributed by atoms with Gasteiger partial charge in [-0.15, -0.1) is 0 Å². The van der Waals surface area contributed by atoms with E-state index in [0.29, 0.717) is 12.2 Å². The Morgan fingerprint density at radius 2 is 1.35 bits per heavy atom. The highest BCUT2D eigenvalue weighted by atomic mass is 16.5. The van der Waals surface area contributed by atoms with Crippen LogP contribution in [0.25, 0.3) is 0 Å². The molecule has 17 heavy (non-hydrogen) atoms. The first-order chi connectivity index (χ1) is 8.20. The molecule has 0 aliphatic heterocycles. The molecule has 0 unspecified atom stereocenters. The van der Waals surface area contributed by atoms with E-state index in [1.165, 1.54) is 7.11 Å². The number of hydrogen-bond acceptors (Lipinski definition) is 3. The van der Waals surface area contributed by atoms with E-state index in [1.807, 2.05) is 0 Å². The maximum absolute atomic E-state index is 11.4. The number of methoxy groups -OCH3 is 1. The Morgan fingerprint density at radius 3 is 1.94 bits per heavy atom. The highest BCUT2D eigenvalue weighted by molar-refractivity contribution is 5.78. The lowest BCUT2D eigenvalue weighted by Gasteiger charge is -2.01. The van der Waals surface area contributed by atoms with Crippen molar-refractivity contribution in [3.63, 3.8) is 0 Å². The standard InChI is InChI=1S/C14H26O3/c1-3-4-10-13(15)11-8-6-5-7-9-12-14(16)17-2/h3-12H2,1-2H3. The largest absolute Gasteiger partial charge is 0.469 e. The van der Waals surface area contributed by atoms with E-state index >= 15 is 0 Å². The molecule has 0 fully saturated rings. The van der Waals surface area contributed by atoms with Gasteiger partial charge in [-0.25, -0.2) is 0 Å². The molecule has 3 nitrogen and oxygen atoms in total. The van der Waals surface area contributed by atoms with Crippen LogP contribution in [-0.4, -0.2) is 18.9 Å². The number of esters is 1. The van der Waals surface area contributed by atoms with Gasteiger partial charge in [-0.05, 0) is 19.3 Å². The van der Waals surface area contributed by atoms with E-state index in [2.05, 4.69) is 11.7 Å². The summed E-state index contributed by atoms with van der Waals surface area (Å²) < 4.78 is 4.56. The second kappa shape index (κ2) is 11.6. The van der Waals surface area contributed by atoms with E-state index in [4.69, 9.17) is 0 Å². The van der Waals surface area contributed by atoms with Gasteiger partial charge in [0.25, 0.3) is 0 Å². The Morgan fingerprint density at radius 1 is 0.824 bits per heavy atom. The summed E-state index contributed by atoms with van der Waals surface area (Å²) in [5.74, 6) is 0.279. The summed E-state index contributed by atoms with van der Waals surface area (Å²) in [6.45, 7) is 2.11. The number of carbonyl (C=O) groups excluding carboxylic acids is 2. The van der Waals surface area contributed by atoms with Crippen molar-refractivity contribution in [2.75, 3.05) is 7.11 Å². The molecule has 0 aliphatic carbocycles. The summed E-state index contributed by atoms with van der Waals surface area (Å²) in [5, 5.41) is 0. The number of Topliss-reactive ketones (excluding diaryl/α,β-unsaturated/α-hetero) is 1. The Balaban J connectivity index is 3.18. The smallest absolute Gasteiger partial charge is 0.305 e. The number of ether oxygens (including phenoxy) is 1. The molecule has 0 amide bonds. The first kappa shape index (κ1) is 16.1. The Bertz CT molecular complexity index is 212. The molecule has 0 bridgehead atoms. The molecule has 0 heterocycles. The summed E-state index contributed by atoms with van der Waals surface area (Å²) in [4.78, 5) is 22.2. The fourth-order valence-corrected chi connectivity index (χ4v) is 1.72. The van der Waals surface area contributed by atoms with Crippen LogP contribution in [-0.2, 0) is 14.3 Å². The van der Waals surface area contributed by atoms with Gasteiger partial charge in [0, 0.05) is 19.3 Å². The van der Waals surface area contributed by atoms with Crippen molar-refractivity contribution >= 4 is 11.8 Å². The van der Waals surface area contributed by atoms with Crippen molar-refractivity contribution in [1.29, 1.82) is 0 Å². The lowest BCUT2D eigenvalue weighted by Crippen LogP contribution is -1.99. The molecule has 0 saturated carbocycles. The van der Waals surface area contributed by atoms with E-state index in [0.717, 1.165) is 57.8 Å². The molecular formula is C14H26O3. The van der Waals surface area contributed by atoms with Crippen molar-refractivity contribution in [2.45, 2.75) is 71.1 Å². The summed E-state index contributed by atoms with van der Waals surface area (Å²) in [6, 6.07) is 0. The zero-order chi connectivity index (χ0) is 12.9. The van der Waals surface area contributed by atoms with Crippen LogP contribution in [0, 0.1) is 0 Å². The Labute approximate surface area is 105 Å². The van der Waals surface area contributed by atoms with E-state index in [-0.39, 0.29) is 5.97 Å². The molecular weight excluding hydrogens is 216 g/mol. The molecule has 100 valence electrons. The molecule has 0 spiro atoms. The topological polar surface area (TPSA) is 43.4 Å². The minimum atomic E-state index is -0.125. The van der Waals surface area contributed by atoms with Crippen LogP contribution in [0.3, 0.4) is 0 Å². The van der Waals surface area contributed by atoms with E-state index < -0.39 is 0 Å². The molecule has 0 radical (unpaired) electrons. The van der Waals surface area contributed by atoms with Gasteiger partial charge in [-0.3, -0.25) is 9.59 Å². The van der Waals surface area contributed by atoms with Gasteiger partial charge < -0.3 is 4.74 Å². The fraction of sp³-hybridized carbons (Fsp3) is 0.857. The third kappa shape index (κ3) is 11.4. The number of unbranched alkanes of at least 4 members (excludes halogenated alkanes) is 5. The van der Waals surface area contributed by atoms with Crippen molar-refractivity contribution < 1.29 is 14.3 Å². The van der Waals surface area contributed by atoms with Crippen LogP contribution in [0.15, 0.2) is 0 Å². The third-order valence-electron chi connectivity index (χ3n) is 2.87. The predicted molar refractivity (Wildman–Crippen MR) is 68.9 cm³/mol. The van der Waals surface area contributed by atoms with Crippen LogP contribution in [0.5, 0.6) is 0 Å². The minimum Gasteiger partial charge on any atom is -0.469 e. The minimum absolute atomic E-state index is 0.125. The maximum atomic E-state index is 11.4. The van der Waals surface area contributed by atoms with Crippen LogP contribution < -0.4 is 0 Å². The van der Waals surface area contributed by atoms with Gasteiger partial charge in [0.05, 0.1) is 7.11 Å². The van der Waals surface area contributed by atoms with Crippen LogP contribution in [0.1, 0.15) is 71.1 Å². The number of ketones is 1. The van der Waals surface area contributed by atoms with Gasteiger partial charge in [-0.1, -0.05) is 32.6 Å². The summed E-state index contributed by atoms with van der Waals surface area (Å²) >= 11 is 0. The molecule has 0 rings (SSSR count). The van der Waals surface area contributed by atoms with Crippen molar-refractivity contribution in [3.8, 4) is 0 Å². The maximum Gasteiger partial charge on any atom is 0.305 e. The Hall–Kier alpha value is -0.860. The molecule has 0 aromatic carbocycles. The first-order valence-corrected chi connectivity index (χ1v) is 6.79. The van der Waals surface area contributed by atoms with Gasteiger partial charge in [0.2, 0.25) is 0 Å². The number of rotatable bonds is 11. The number of hydrogen-bond donors (Lipinski definition) is 0. The lowest BCUT2D eigenvalue weighted by atomic mass is 10.0. The SMILES string of the molecule is CCCCC(=O)CCCCCCCC(=O)OC. The summed E-state index contributed by atoms with van der Waals surface area (Å²) in [7, 11) is 1.42. The van der Waals surface area contributed by atoms with E-state index in [1.54, 1.807) is 0 Å². The zero-order valence-electron chi connectivity index (χ0n) is 11.3. The van der Waals surface area contributed by atoms with E-state index in [9.17, 15) is 9.59 Å². The summed E-state index contributed by atoms with van der Waals surface area (Å²) in [6.07, 6.45) is 9.28. The third-order valence-corrected chi connectivity index (χ3v) is 2.87. The van der Waals surface area contributed by atoms with Crippen LogP contribution in [0.2, 0.25) is 0 Å². The van der Waals surface area contributed by atoms with Gasteiger partial charge in [-0.2, -0.15) is 0 Å². The Kier molecular flexibility index (Phi) is 11.0. The van der Waals surface area contributed by atoms with Gasteiger partial charge in [0.1, 0.15) is 5.78 Å². The molecule has 3 heteroatoms. The number of carbonyl (C=O) groups is 2. The first-order valence-electron chi connectivity index (χ1n) is 6.79. The molecule has 0 aliphatic rings. The van der Waals surface area contributed by atoms with Gasteiger partial charge in [0.15, 0.2) is 0 Å². The van der Waals surface area contributed by atoms with Crippen molar-refractivity contribution in [3.05, 3.63) is 0 Å². The average molecular weight is 242 g/mol. The molecule has 0 aromatic rings. The molecule has 0 aromatic heterocycles. The van der Waals surface area contributed by atoms with Gasteiger partial charge >= 0.3 is 5.97 Å². The van der Waals surface area contributed by atoms with Crippen molar-refractivity contribution in [1.82, 2.24) is 0 Å². The monoisotopic (exact) mass is 242 g/mol. The lowest BCUT2D eigenvalue weighted by molar-refractivity contribution is -0.140. The summed E-state index contributed by atoms with van der Waals surface area (Å²) in [5.41, 5.74) is 0. The second-order valence-corrected chi connectivity index (χ2v) is 4.49. The average Bonchev–Trinajstić information content (AvgIpc) is 2.34. The predicted octanol–water partition coefficient (Wildman–Crippen LogP) is 3.65. The van der Waals surface area contributed by atoms with Crippen molar-refractivity contribution in [2.24, 2.45) is 0 Å². The van der Waals surface area contributed by atoms with Crippen LogP contribution >= 0.6 is 0 Å². The molecule has 0 atom stereocenters. The normalized spacial score (nSPS) is 10.2. The molecule has 0 saturated heterocycles. The fourth-order valence-electron chi connectivity index (χ4n) is 1.72. The molecule has 0 N–H and O–H groups in total. The van der Waals surface area contributed by atoms with Crippen LogP contribution in [0.4, 0.5) is 0 Å². The highest BCUT2D eigenvalue weighted by Gasteiger charge is 2.02. The highest BCUT2D eigenvalue weighted by Crippen LogP contribution is 2.09.